The van der Waals surface area contributed by atoms with Gasteiger partial charge in [-0.05, 0) is 42.7 Å². The summed E-state index contributed by atoms with van der Waals surface area (Å²) in [7, 11) is 0. The van der Waals surface area contributed by atoms with Crippen LogP contribution in [0.15, 0.2) is 78.9 Å². The molecule has 0 bridgehead atoms. The van der Waals surface area contributed by atoms with Crippen LogP contribution in [0.2, 0.25) is 0 Å². The van der Waals surface area contributed by atoms with Gasteiger partial charge in [-0.2, -0.15) is 0 Å². The Kier molecular flexibility index (Phi) is 7.60. The molecular weight excluding hydrogens is 384 g/mol. The van der Waals surface area contributed by atoms with Crippen LogP contribution in [0.4, 0.5) is 5.69 Å². The highest BCUT2D eigenvalue weighted by Gasteiger charge is 2.15. The van der Waals surface area contributed by atoms with Gasteiger partial charge in [0.2, 0.25) is 11.8 Å². The molecular formula is C27H30N2O2. The second-order valence-corrected chi connectivity index (χ2v) is 7.86. The van der Waals surface area contributed by atoms with Gasteiger partial charge in [0.05, 0.1) is 19.0 Å². The summed E-state index contributed by atoms with van der Waals surface area (Å²) < 4.78 is 0. The number of anilines is 1. The van der Waals surface area contributed by atoms with Crippen LogP contribution in [-0.2, 0) is 22.6 Å². The van der Waals surface area contributed by atoms with E-state index in [0.717, 1.165) is 22.4 Å². The summed E-state index contributed by atoms with van der Waals surface area (Å²) >= 11 is 0. The van der Waals surface area contributed by atoms with Crippen molar-refractivity contribution in [2.45, 2.75) is 46.2 Å². The second-order valence-electron chi connectivity index (χ2n) is 7.86. The number of amides is 2. The lowest BCUT2D eigenvalue weighted by atomic mass is 10.1. The molecule has 3 aromatic rings. The summed E-state index contributed by atoms with van der Waals surface area (Å²) in [6.07, 6.45) is 0.741. The van der Waals surface area contributed by atoms with Gasteiger partial charge in [-0.15, -0.1) is 0 Å². The maximum Gasteiger partial charge on any atom is 0.227 e. The first-order valence-corrected chi connectivity index (χ1v) is 10.8. The van der Waals surface area contributed by atoms with Crippen molar-refractivity contribution in [3.63, 3.8) is 0 Å². The molecule has 0 fully saturated rings. The molecule has 0 spiro atoms. The number of nitrogens with one attached hydrogen (secondary N) is 1. The van der Waals surface area contributed by atoms with Crippen molar-refractivity contribution in [3.05, 3.63) is 101 Å². The summed E-state index contributed by atoms with van der Waals surface area (Å²) in [4.78, 5) is 26.8. The first-order chi connectivity index (χ1) is 15.0. The topological polar surface area (TPSA) is 49.4 Å². The zero-order valence-electron chi connectivity index (χ0n) is 18.5. The highest BCUT2D eigenvalue weighted by Crippen LogP contribution is 2.20. The Morgan fingerprint density at radius 3 is 2.10 bits per heavy atom. The molecule has 0 aliphatic heterocycles. The molecule has 31 heavy (non-hydrogen) atoms. The van der Waals surface area contributed by atoms with E-state index in [9.17, 15) is 9.59 Å². The van der Waals surface area contributed by atoms with Crippen molar-refractivity contribution in [2.75, 3.05) is 4.90 Å². The van der Waals surface area contributed by atoms with Crippen LogP contribution >= 0.6 is 0 Å². The summed E-state index contributed by atoms with van der Waals surface area (Å²) in [6, 6.07) is 25.8. The smallest absolute Gasteiger partial charge is 0.227 e. The van der Waals surface area contributed by atoms with E-state index in [4.69, 9.17) is 0 Å². The number of carbonyl (C=O) groups is 2. The zero-order valence-corrected chi connectivity index (χ0v) is 18.5. The molecule has 1 atom stereocenters. The van der Waals surface area contributed by atoms with Gasteiger partial charge in [-0.1, -0.05) is 79.2 Å². The average molecular weight is 415 g/mol. The number of aryl methyl sites for hydroxylation is 1. The average Bonchev–Trinajstić information content (AvgIpc) is 2.79. The highest BCUT2D eigenvalue weighted by molar-refractivity contribution is 5.93. The first-order valence-electron chi connectivity index (χ1n) is 10.8. The summed E-state index contributed by atoms with van der Waals surface area (Å²) in [5.74, 6) is 0.0491. The molecule has 3 aromatic carbocycles. The van der Waals surface area contributed by atoms with Gasteiger partial charge in [-0.25, -0.2) is 0 Å². The van der Waals surface area contributed by atoms with E-state index in [0.29, 0.717) is 19.4 Å². The third-order valence-electron chi connectivity index (χ3n) is 5.35. The molecule has 0 heterocycles. The van der Waals surface area contributed by atoms with Crippen molar-refractivity contribution in [1.82, 2.24) is 5.32 Å². The van der Waals surface area contributed by atoms with E-state index in [2.05, 4.69) is 29.6 Å². The van der Waals surface area contributed by atoms with Crippen LogP contribution in [0.25, 0.3) is 0 Å². The van der Waals surface area contributed by atoms with Crippen molar-refractivity contribution >= 4 is 17.5 Å². The fourth-order valence-corrected chi connectivity index (χ4v) is 3.49. The number of nitrogens with zero attached hydrogens (tertiary/aromatic N) is 1. The Balaban J connectivity index is 1.65. The van der Waals surface area contributed by atoms with E-state index in [1.165, 1.54) is 5.56 Å². The molecule has 0 unspecified atom stereocenters. The zero-order chi connectivity index (χ0) is 22.2. The molecule has 0 saturated carbocycles. The maximum atomic E-state index is 12.6. The van der Waals surface area contributed by atoms with Crippen LogP contribution in [0.1, 0.15) is 48.6 Å². The second kappa shape index (κ2) is 10.6. The van der Waals surface area contributed by atoms with Gasteiger partial charge in [0.15, 0.2) is 0 Å². The minimum atomic E-state index is -0.0415. The van der Waals surface area contributed by atoms with Gasteiger partial charge in [-0.3, -0.25) is 9.59 Å². The highest BCUT2D eigenvalue weighted by atomic mass is 16.2. The van der Waals surface area contributed by atoms with Gasteiger partial charge in [0.1, 0.15) is 0 Å². The lowest BCUT2D eigenvalue weighted by molar-refractivity contribution is -0.121. The predicted octanol–water partition coefficient (Wildman–Crippen LogP) is 5.36. The van der Waals surface area contributed by atoms with E-state index in [1.54, 1.807) is 4.90 Å². The molecule has 2 amide bonds. The molecule has 0 aromatic heterocycles. The van der Waals surface area contributed by atoms with Gasteiger partial charge in [0, 0.05) is 12.1 Å². The van der Waals surface area contributed by atoms with Crippen LogP contribution in [-0.4, -0.2) is 11.8 Å². The quantitative estimate of drug-likeness (QED) is 0.540. The largest absolute Gasteiger partial charge is 0.349 e. The monoisotopic (exact) mass is 414 g/mol. The summed E-state index contributed by atoms with van der Waals surface area (Å²) in [6.45, 7) is 6.43. The molecule has 0 aliphatic rings. The van der Waals surface area contributed by atoms with Gasteiger partial charge >= 0.3 is 0 Å². The molecule has 1 N–H and O–H groups in total. The Hall–Kier alpha value is -3.40. The van der Waals surface area contributed by atoms with Gasteiger partial charge < -0.3 is 10.2 Å². The van der Waals surface area contributed by atoms with Gasteiger partial charge in [0.25, 0.3) is 0 Å². The lowest BCUT2D eigenvalue weighted by Gasteiger charge is -2.23. The van der Waals surface area contributed by atoms with E-state index >= 15 is 0 Å². The molecule has 4 heteroatoms. The standard InChI is InChI=1S/C27H30N2O2/c1-4-27(31)29(19-23-12-10-20(2)11-13-23)25-16-14-22(15-17-25)18-26(30)28-21(3)24-8-6-5-7-9-24/h5-17,21H,4,18-19H2,1-3H3,(H,28,30)/t21-/m0/s1. The SMILES string of the molecule is CCC(=O)N(Cc1ccc(C)cc1)c1ccc(CC(=O)N[C@@H](C)c2ccccc2)cc1. The van der Waals surface area contributed by atoms with E-state index < -0.39 is 0 Å². The molecule has 160 valence electrons. The number of carbonyl (C=O) groups excluding carboxylic acids is 2. The predicted molar refractivity (Wildman–Crippen MR) is 126 cm³/mol. The Morgan fingerprint density at radius 1 is 0.871 bits per heavy atom. The first kappa shape index (κ1) is 22.3. The Bertz CT molecular complexity index is 996. The maximum absolute atomic E-state index is 12.6. The molecule has 0 radical (unpaired) electrons. The van der Waals surface area contributed by atoms with Crippen molar-refractivity contribution in [2.24, 2.45) is 0 Å². The summed E-state index contributed by atoms with van der Waals surface area (Å²) in [5.41, 5.74) is 5.12. The molecule has 3 rings (SSSR count). The summed E-state index contributed by atoms with van der Waals surface area (Å²) in [5, 5.41) is 3.04. The Morgan fingerprint density at radius 2 is 1.48 bits per heavy atom. The fraction of sp³-hybridized carbons (Fsp3) is 0.259. The molecule has 4 nitrogen and oxygen atoms in total. The third kappa shape index (κ3) is 6.29. The number of hydrogen-bond donors (Lipinski definition) is 1. The number of benzene rings is 3. The molecule has 0 saturated heterocycles. The number of rotatable bonds is 8. The van der Waals surface area contributed by atoms with E-state index in [-0.39, 0.29) is 17.9 Å². The molecule has 0 aliphatic carbocycles. The van der Waals surface area contributed by atoms with E-state index in [1.807, 2.05) is 75.4 Å². The van der Waals surface area contributed by atoms with Crippen molar-refractivity contribution in [1.29, 1.82) is 0 Å². The van der Waals surface area contributed by atoms with Crippen molar-refractivity contribution in [3.8, 4) is 0 Å². The Labute approximate surface area is 184 Å². The normalized spacial score (nSPS) is 11.6. The third-order valence-corrected chi connectivity index (χ3v) is 5.35. The van der Waals surface area contributed by atoms with Crippen LogP contribution in [0, 0.1) is 6.92 Å². The fourth-order valence-electron chi connectivity index (χ4n) is 3.49. The van der Waals surface area contributed by atoms with Crippen LogP contribution in [0.5, 0.6) is 0 Å². The van der Waals surface area contributed by atoms with Crippen LogP contribution in [0.3, 0.4) is 0 Å². The van der Waals surface area contributed by atoms with Crippen molar-refractivity contribution < 1.29 is 9.59 Å². The number of hydrogen-bond acceptors (Lipinski definition) is 2. The lowest BCUT2D eigenvalue weighted by Crippen LogP contribution is -2.30. The minimum Gasteiger partial charge on any atom is -0.349 e. The van der Waals surface area contributed by atoms with Crippen LogP contribution < -0.4 is 10.2 Å². The minimum absolute atomic E-state index is 0.0229.